The lowest BCUT2D eigenvalue weighted by atomic mass is 10.2. The molecule has 0 spiro atoms. The zero-order valence-electron chi connectivity index (χ0n) is 20.6. The first-order valence-electron chi connectivity index (χ1n) is 11.3. The topological polar surface area (TPSA) is 109 Å². The molecule has 1 saturated heterocycles. The van der Waals surface area contributed by atoms with Crippen LogP contribution in [-0.4, -0.2) is 111 Å². The minimum absolute atomic E-state index is 0.0177. The van der Waals surface area contributed by atoms with Crippen LogP contribution in [0.25, 0.3) is 0 Å². The fourth-order valence-corrected chi connectivity index (χ4v) is 2.98. The van der Waals surface area contributed by atoms with Gasteiger partial charge >= 0.3 is 11.9 Å². The van der Waals surface area contributed by atoms with E-state index in [9.17, 15) is 14.4 Å². The van der Waals surface area contributed by atoms with E-state index in [2.05, 4.69) is 10.6 Å². The van der Waals surface area contributed by atoms with E-state index in [1.165, 1.54) is 0 Å². The molecule has 1 amide bonds. The van der Waals surface area contributed by atoms with Gasteiger partial charge in [0.2, 0.25) is 5.91 Å². The third kappa shape index (κ3) is 14.3. The van der Waals surface area contributed by atoms with Crippen LogP contribution < -0.4 is 10.6 Å². The molecule has 0 saturated carbocycles. The highest BCUT2D eigenvalue weighted by molar-refractivity contribution is 5.79. The Balaban J connectivity index is 2.38. The predicted molar refractivity (Wildman–Crippen MR) is 121 cm³/mol. The number of hydrogen-bond donors (Lipinski definition) is 2. The lowest BCUT2D eigenvalue weighted by molar-refractivity contribution is -0.157. The Hall–Kier alpha value is -1.75. The molecule has 32 heavy (non-hydrogen) atoms. The number of amides is 1. The summed E-state index contributed by atoms with van der Waals surface area (Å²) in [7, 11) is 0. The van der Waals surface area contributed by atoms with E-state index in [1.54, 1.807) is 9.80 Å². The van der Waals surface area contributed by atoms with Crippen LogP contribution in [0.5, 0.6) is 0 Å². The summed E-state index contributed by atoms with van der Waals surface area (Å²) in [6, 6.07) is 0. The maximum Gasteiger partial charge on any atom is 0.320 e. The summed E-state index contributed by atoms with van der Waals surface area (Å²) in [6.45, 7) is 15.9. The van der Waals surface area contributed by atoms with Gasteiger partial charge < -0.3 is 29.7 Å². The number of morpholine rings is 1. The normalized spacial score (nSPS) is 15.0. The highest BCUT2D eigenvalue weighted by Gasteiger charge is 2.23. The van der Waals surface area contributed by atoms with Gasteiger partial charge in [-0.05, 0) is 41.5 Å². The van der Waals surface area contributed by atoms with Crippen LogP contribution in [0.3, 0.4) is 0 Å². The largest absolute Gasteiger partial charge is 0.459 e. The predicted octanol–water partition coefficient (Wildman–Crippen LogP) is 0.00980. The number of carbonyl (C=O) groups excluding carboxylic acids is 3. The van der Waals surface area contributed by atoms with Gasteiger partial charge in [0.25, 0.3) is 0 Å². The first-order chi connectivity index (χ1) is 14.9. The van der Waals surface area contributed by atoms with Crippen molar-refractivity contribution in [1.29, 1.82) is 0 Å². The van der Waals surface area contributed by atoms with Crippen LogP contribution in [-0.2, 0) is 28.6 Å². The van der Waals surface area contributed by atoms with Crippen molar-refractivity contribution in [3.05, 3.63) is 0 Å². The summed E-state index contributed by atoms with van der Waals surface area (Å²) in [5.41, 5.74) is -1.07. The molecule has 10 nitrogen and oxygen atoms in total. The minimum Gasteiger partial charge on any atom is -0.459 e. The van der Waals surface area contributed by atoms with Crippen LogP contribution in [0.15, 0.2) is 0 Å². The van der Waals surface area contributed by atoms with Crippen LogP contribution in [0.1, 0.15) is 41.5 Å². The molecule has 1 heterocycles. The summed E-state index contributed by atoms with van der Waals surface area (Å²) in [5, 5.41) is 6.29. The molecule has 10 heteroatoms. The van der Waals surface area contributed by atoms with Crippen molar-refractivity contribution in [2.75, 3.05) is 72.1 Å². The van der Waals surface area contributed by atoms with Gasteiger partial charge in [-0.25, -0.2) is 0 Å². The molecule has 1 fully saturated rings. The Morgan fingerprint density at radius 1 is 0.844 bits per heavy atom. The first-order valence-corrected chi connectivity index (χ1v) is 11.3. The fraction of sp³-hybridized carbons (Fsp3) is 0.864. The smallest absolute Gasteiger partial charge is 0.320 e. The number of esters is 2. The second kappa shape index (κ2) is 13.7. The lowest BCUT2D eigenvalue weighted by Gasteiger charge is -2.30. The van der Waals surface area contributed by atoms with Crippen LogP contribution in [0.4, 0.5) is 0 Å². The molecule has 0 unspecified atom stereocenters. The number of carbonyl (C=O) groups is 3. The second-order valence-electron chi connectivity index (χ2n) is 9.80. The van der Waals surface area contributed by atoms with Crippen molar-refractivity contribution in [2.24, 2.45) is 0 Å². The lowest BCUT2D eigenvalue weighted by Crippen LogP contribution is -2.48. The van der Waals surface area contributed by atoms with E-state index in [1.807, 2.05) is 41.5 Å². The van der Waals surface area contributed by atoms with Gasteiger partial charge in [-0.1, -0.05) is 0 Å². The summed E-state index contributed by atoms with van der Waals surface area (Å²) in [4.78, 5) is 40.1. The molecule has 0 aromatic rings. The van der Waals surface area contributed by atoms with E-state index >= 15 is 0 Å². The molecule has 0 radical (unpaired) electrons. The van der Waals surface area contributed by atoms with E-state index in [0.29, 0.717) is 52.5 Å². The molecule has 1 rings (SSSR count). The fourth-order valence-electron chi connectivity index (χ4n) is 2.98. The maximum atomic E-state index is 12.6. The quantitative estimate of drug-likeness (QED) is 0.309. The van der Waals surface area contributed by atoms with E-state index in [-0.39, 0.29) is 37.5 Å². The van der Waals surface area contributed by atoms with Crippen molar-refractivity contribution in [1.82, 2.24) is 20.4 Å². The molecule has 0 bridgehead atoms. The van der Waals surface area contributed by atoms with Gasteiger partial charge in [0.15, 0.2) is 0 Å². The van der Waals surface area contributed by atoms with E-state index in [0.717, 1.165) is 0 Å². The highest BCUT2D eigenvalue weighted by atomic mass is 16.6. The highest BCUT2D eigenvalue weighted by Crippen LogP contribution is 2.08. The standard InChI is InChI=1S/C22H42N4O6/c1-21(2,3)31-19(28)15-24-8-7-23-9-10-25(17-20(29)32-22(4,5)6)16-18(27)26-11-13-30-14-12-26/h23-24H,7-17H2,1-6H3. The molecule has 0 aliphatic carbocycles. The molecule has 1 aliphatic heterocycles. The van der Waals surface area contributed by atoms with Gasteiger partial charge in [-0.15, -0.1) is 0 Å². The Bertz CT molecular complexity index is 594. The van der Waals surface area contributed by atoms with Crippen molar-refractivity contribution in [3.8, 4) is 0 Å². The molecule has 0 atom stereocenters. The third-order valence-electron chi connectivity index (χ3n) is 4.27. The van der Waals surface area contributed by atoms with E-state index < -0.39 is 11.2 Å². The zero-order valence-corrected chi connectivity index (χ0v) is 20.6. The molecular weight excluding hydrogens is 416 g/mol. The number of nitrogens with zero attached hydrogens (tertiary/aromatic N) is 2. The van der Waals surface area contributed by atoms with Crippen LogP contribution in [0.2, 0.25) is 0 Å². The average molecular weight is 459 g/mol. The Morgan fingerprint density at radius 2 is 1.41 bits per heavy atom. The van der Waals surface area contributed by atoms with Crippen molar-refractivity contribution < 1.29 is 28.6 Å². The second-order valence-corrected chi connectivity index (χ2v) is 9.80. The van der Waals surface area contributed by atoms with Crippen molar-refractivity contribution in [2.45, 2.75) is 52.7 Å². The molecule has 0 aromatic heterocycles. The van der Waals surface area contributed by atoms with Crippen LogP contribution in [0, 0.1) is 0 Å². The zero-order chi connectivity index (χ0) is 24.2. The van der Waals surface area contributed by atoms with Gasteiger partial charge in [0.05, 0.1) is 32.8 Å². The monoisotopic (exact) mass is 458 g/mol. The first kappa shape index (κ1) is 28.3. The average Bonchev–Trinajstić information content (AvgIpc) is 2.64. The summed E-state index contributed by atoms with van der Waals surface area (Å²) in [5.74, 6) is -0.662. The number of nitrogens with one attached hydrogen (secondary N) is 2. The number of rotatable bonds is 12. The minimum atomic E-state index is -0.574. The Kier molecular flexibility index (Phi) is 12.1. The van der Waals surface area contributed by atoms with E-state index in [4.69, 9.17) is 14.2 Å². The number of hydrogen-bond acceptors (Lipinski definition) is 9. The van der Waals surface area contributed by atoms with Crippen molar-refractivity contribution >= 4 is 17.8 Å². The molecular formula is C22H42N4O6. The van der Waals surface area contributed by atoms with Crippen LogP contribution >= 0.6 is 0 Å². The molecule has 2 N–H and O–H groups in total. The van der Waals surface area contributed by atoms with Gasteiger partial charge in [-0.2, -0.15) is 0 Å². The van der Waals surface area contributed by atoms with Gasteiger partial charge in [0.1, 0.15) is 11.2 Å². The molecule has 0 aromatic carbocycles. The molecule has 186 valence electrons. The summed E-state index contributed by atoms with van der Waals surface area (Å²) < 4.78 is 15.9. The summed E-state index contributed by atoms with van der Waals surface area (Å²) >= 11 is 0. The Morgan fingerprint density at radius 3 is 2.00 bits per heavy atom. The van der Waals surface area contributed by atoms with Gasteiger partial charge in [0, 0.05) is 39.3 Å². The summed E-state index contributed by atoms with van der Waals surface area (Å²) in [6.07, 6.45) is 0. The van der Waals surface area contributed by atoms with Crippen molar-refractivity contribution in [3.63, 3.8) is 0 Å². The van der Waals surface area contributed by atoms with Gasteiger partial charge in [-0.3, -0.25) is 19.3 Å². The SMILES string of the molecule is CC(C)(C)OC(=O)CNCCNCCN(CC(=O)OC(C)(C)C)CC(=O)N1CCOCC1. The maximum absolute atomic E-state index is 12.6. The molecule has 1 aliphatic rings. The third-order valence-corrected chi connectivity index (χ3v) is 4.27. The number of ether oxygens (including phenoxy) is 3. The Labute approximate surface area is 192 Å².